The Morgan fingerprint density at radius 2 is 1.96 bits per heavy atom. The van der Waals surface area contributed by atoms with Crippen molar-refractivity contribution in [2.75, 3.05) is 5.43 Å². The van der Waals surface area contributed by atoms with E-state index in [1.165, 1.54) is 0 Å². The molecule has 0 radical (unpaired) electrons. The lowest BCUT2D eigenvalue weighted by molar-refractivity contribution is 0.0508. The molecule has 1 unspecified atom stereocenters. The highest BCUT2D eigenvalue weighted by atomic mass is 16.6. The molecule has 1 aromatic carbocycles. The summed E-state index contributed by atoms with van der Waals surface area (Å²) in [5.41, 5.74) is 3.23. The number of carbonyl (C=O) groups excluding carboxylic acids is 1. The summed E-state index contributed by atoms with van der Waals surface area (Å²) in [7, 11) is 0. The highest BCUT2D eigenvalue weighted by molar-refractivity contribution is 6.10. The van der Waals surface area contributed by atoms with E-state index in [0.29, 0.717) is 5.69 Å². The molecule has 0 aliphatic carbocycles. The zero-order chi connectivity index (χ0) is 17.5. The Hall–Kier alpha value is -3.06. The molecule has 1 aromatic rings. The quantitative estimate of drug-likeness (QED) is 0.655. The Labute approximate surface area is 135 Å². The van der Waals surface area contributed by atoms with E-state index in [9.17, 15) is 4.79 Å². The largest absolute Gasteiger partial charge is 0.444 e. The number of hydrogen-bond donors (Lipinski definition) is 2. The van der Waals surface area contributed by atoms with Crippen molar-refractivity contribution in [2.24, 2.45) is 5.10 Å². The van der Waals surface area contributed by atoms with Crippen molar-refractivity contribution >= 4 is 17.5 Å². The van der Waals surface area contributed by atoms with E-state index in [2.05, 4.69) is 15.8 Å². The summed E-state index contributed by atoms with van der Waals surface area (Å²) in [6, 6.07) is 10.2. The number of alkyl carbamates (subject to hydrolysis) is 1. The van der Waals surface area contributed by atoms with Gasteiger partial charge in [0.15, 0.2) is 0 Å². The predicted molar refractivity (Wildman–Crippen MR) is 86.5 cm³/mol. The van der Waals surface area contributed by atoms with E-state index in [1.54, 1.807) is 51.1 Å². The Bertz CT molecular complexity index is 661. The SMILES string of the molecule is CC(NC(=O)OC(C)(C)C)c1cccc(NN=C(C#N)C#N)c1. The van der Waals surface area contributed by atoms with Gasteiger partial charge >= 0.3 is 6.09 Å². The Morgan fingerprint density at radius 1 is 1.30 bits per heavy atom. The second-order valence-electron chi connectivity index (χ2n) is 5.79. The first-order chi connectivity index (χ1) is 10.7. The van der Waals surface area contributed by atoms with Gasteiger partial charge in [-0.1, -0.05) is 12.1 Å². The maximum Gasteiger partial charge on any atom is 0.408 e. The molecule has 1 atom stereocenters. The molecule has 0 saturated carbocycles. The maximum atomic E-state index is 11.8. The molecule has 7 heteroatoms. The monoisotopic (exact) mass is 313 g/mol. The van der Waals surface area contributed by atoms with Gasteiger partial charge in [-0.2, -0.15) is 15.6 Å². The molecule has 1 amide bonds. The van der Waals surface area contributed by atoms with Crippen LogP contribution in [-0.4, -0.2) is 17.4 Å². The molecule has 0 aliphatic rings. The van der Waals surface area contributed by atoms with Crippen LogP contribution in [0.25, 0.3) is 0 Å². The van der Waals surface area contributed by atoms with Crippen molar-refractivity contribution in [1.29, 1.82) is 10.5 Å². The molecule has 23 heavy (non-hydrogen) atoms. The number of nitrogens with zero attached hydrogens (tertiary/aromatic N) is 3. The highest BCUT2D eigenvalue weighted by Gasteiger charge is 2.18. The first kappa shape index (κ1) is 18.0. The summed E-state index contributed by atoms with van der Waals surface area (Å²) in [6.45, 7) is 7.20. The maximum absolute atomic E-state index is 11.8. The van der Waals surface area contributed by atoms with Crippen molar-refractivity contribution in [3.63, 3.8) is 0 Å². The van der Waals surface area contributed by atoms with Crippen LogP contribution >= 0.6 is 0 Å². The van der Waals surface area contributed by atoms with Crippen molar-refractivity contribution < 1.29 is 9.53 Å². The molecule has 0 saturated heterocycles. The number of nitrogens with one attached hydrogen (secondary N) is 2. The van der Waals surface area contributed by atoms with Gasteiger partial charge in [-0.25, -0.2) is 4.79 Å². The van der Waals surface area contributed by atoms with Crippen LogP contribution in [0.4, 0.5) is 10.5 Å². The normalized spacial score (nSPS) is 11.4. The molecule has 0 aliphatic heterocycles. The van der Waals surface area contributed by atoms with Crippen LogP contribution in [-0.2, 0) is 4.74 Å². The second kappa shape index (κ2) is 7.81. The third-order valence-electron chi connectivity index (χ3n) is 2.63. The van der Waals surface area contributed by atoms with Crippen LogP contribution in [0.2, 0.25) is 0 Å². The minimum atomic E-state index is -0.563. The number of benzene rings is 1. The number of nitriles is 2. The van der Waals surface area contributed by atoms with Crippen LogP contribution in [0.5, 0.6) is 0 Å². The second-order valence-corrected chi connectivity index (χ2v) is 5.79. The van der Waals surface area contributed by atoms with E-state index in [-0.39, 0.29) is 11.8 Å². The molecule has 0 bridgehead atoms. The average Bonchev–Trinajstić information content (AvgIpc) is 2.46. The van der Waals surface area contributed by atoms with Crippen molar-refractivity contribution in [2.45, 2.75) is 39.3 Å². The van der Waals surface area contributed by atoms with Crippen LogP contribution in [0.3, 0.4) is 0 Å². The molecule has 120 valence electrons. The summed E-state index contributed by atoms with van der Waals surface area (Å²) in [5.74, 6) is 0. The van der Waals surface area contributed by atoms with Crippen molar-refractivity contribution in [3.8, 4) is 12.1 Å². The first-order valence-electron chi connectivity index (χ1n) is 6.98. The van der Waals surface area contributed by atoms with Gasteiger partial charge in [-0.05, 0) is 45.4 Å². The van der Waals surface area contributed by atoms with E-state index < -0.39 is 11.7 Å². The third kappa shape index (κ3) is 6.49. The number of rotatable bonds is 4. The van der Waals surface area contributed by atoms with Gasteiger partial charge in [0.1, 0.15) is 17.7 Å². The minimum Gasteiger partial charge on any atom is -0.444 e. The number of amides is 1. The van der Waals surface area contributed by atoms with Crippen molar-refractivity contribution in [1.82, 2.24) is 5.32 Å². The van der Waals surface area contributed by atoms with Gasteiger partial charge in [0.2, 0.25) is 5.71 Å². The van der Waals surface area contributed by atoms with Gasteiger partial charge in [0.05, 0.1) is 11.7 Å². The lowest BCUT2D eigenvalue weighted by Crippen LogP contribution is -2.34. The number of anilines is 1. The summed E-state index contributed by atoms with van der Waals surface area (Å²) < 4.78 is 5.21. The smallest absolute Gasteiger partial charge is 0.408 e. The van der Waals surface area contributed by atoms with E-state index >= 15 is 0 Å². The van der Waals surface area contributed by atoms with Gasteiger partial charge in [0, 0.05) is 0 Å². The molecular formula is C16H19N5O2. The van der Waals surface area contributed by atoms with Gasteiger partial charge < -0.3 is 10.1 Å². The molecule has 0 heterocycles. The molecule has 1 rings (SSSR count). The lowest BCUT2D eigenvalue weighted by Gasteiger charge is -2.22. The topological polar surface area (TPSA) is 110 Å². The zero-order valence-corrected chi connectivity index (χ0v) is 13.5. The molecule has 0 fully saturated rings. The van der Waals surface area contributed by atoms with Crippen LogP contribution in [0.1, 0.15) is 39.3 Å². The Kier molecular flexibility index (Phi) is 6.11. The Morgan fingerprint density at radius 3 is 2.52 bits per heavy atom. The summed E-state index contributed by atoms with van der Waals surface area (Å²) in [5, 5.41) is 23.7. The van der Waals surface area contributed by atoms with Crippen LogP contribution < -0.4 is 10.7 Å². The van der Waals surface area contributed by atoms with Crippen LogP contribution in [0, 0.1) is 22.7 Å². The van der Waals surface area contributed by atoms with E-state index in [1.807, 2.05) is 13.0 Å². The fourth-order valence-electron chi connectivity index (χ4n) is 1.64. The van der Waals surface area contributed by atoms with Crippen molar-refractivity contribution in [3.05, 3.63) is 29.8 Å². The number of carbonyl (C=O) groups is 1. The van der Waals surface area contributed by atoms with Gasteiger partial charge in [0.25, 0.3) is 0 Å². The number of hydrogen-bond acceptors (Lipinski definition) is 6. The molecule has 2 N–H and O–H groups in total. The van der Waals surface area contributed by atoms with Gasteiger partial charge in [-0.3, -0.25) is 5.43 Å². The predicted octanol–water partition coefficient (Wildman–Crippen LogP) is 3.09. The molecule has 0 spiro atoms. The standard InChI is InChI=1S/C16H19N5O2/c1-11(19-15(22)23-16(2,3)4)12-6-5-7-13(8-12)20-21-14(9-17)10-18/h5-8,11,20H,1-4H3,(H,19,22). The lowest BCUT2D eigenvalue weighted by atomic mass is 10.1. The fraction of sp³-hybridized carbons (Fsp3) is 0.375. The van der Waals surface area contributed by atoms with E-state index in [4.69, 9.17) is 15.3 Å². The fourth-order valence-corrected chi connectivity index (χ4v) is 1.64. The number of hydrazone groups is 1. The highest BCUT2D eigenvalue weighted by Crippen LogP contribution is 2.18. The average molecular weight is 313 g/mol. The first-order valence-corrected chi connectivity index (χ1v) is 6.98. The molecule has 7 nitrogen and oxygen atoms in total. The third-order valence-corrected chi connectivity index (χ3v) is 2.63. The van der Waals surface area contributed by atoms with E-state index in [0.717, 1.165) is 5.56 Å². The molecule has 0 aromatic heterocycles. The Balaban J connectivity index is 2.77. The van der Waals surface area contributed by atoms with Gasteiger partial charge in [-0.15, -0.1) is 0 Å². The summed E-state index contributed by atoms with van der Waals surface area (Å²) in [4.78, 5) is 11.8. The summed E-state index contributed by atoms with van der Waals surface area (Å²) in [6.07, 6.45) is -0.502. The zero-order valence-electron chi connectivity index (χ0n) is 13.5. The number of ether oxygens (including phenoxy) is 1. The van der Waals surface area contributed by atoms with Crippen LogP contribution in [0.15, 0.2) is 29.4 Å². The molecular weight excluding hydrogens is 294 g/mol. The minimum absolute atomic E-state index is 0.268. The summed E-state index contributed by atoms with van der Waals surface area (Å²) >= 11 is 0.